The Bertz CT molecular complexity index is 471. The maximum atomic E-state index is 13.2. The molecule has 2 aromatic rings. The molecule has 0 atom stereocenters. The summed E-state index contributed by atoms with van der Waals surface area (Å²) in [7, 11) is 1.13. The number of hydrogen-bond acceptors (Lipinski definition) is 1. The monoisotopic (exact) mass is 243 g/mol. The summed E-state index contributed by atoms with van der Waals surface area (Å²) in [4.78, 5) is 12.0. The Balaban J connectivity index is 2.45. The molecule has 0 saturated heterocycles. The fourth-order valence-electron chi connectivity index (χ4n) is 1.95. The summed E-state index contributed by atoms with van der Waals surface area (Å²) in [5.41, 5.74) is 1.58. The maximum Gasteiger partial charge on any atom is 0.261 e. The number of nitrogens with zero attached hydrogens (tertiary/aromatic N) is 1. The lowest BCUT2D eigenvalue weighted by atomic mass is 9.90. The lowest BCUT2D eigenvalue weighted by Crippen LogP contribution is -2.26. The molecule has 0 bridgehead atoms. The van der Waals surface area contributed by atoms with Gasteiger partial charge in [-0.2, -0.15) is 5.12 Å². The number of carbonyl (C=O) groups is 1. The van der Waals surface area contributed by atoms with Crippen molar-refractivity contribution in [2.75, 3.05) is 7.05 Å². The fourth-order valence-corrected chi connectivity index (χ4v) is 1.95. The van der Waals surface area contributed by atoms with Crippen molar-refractivity contribution in [1.29, 1.82) is 0 Å². The standard InChI is InChI=1S/C15H14FNO/c1-17(16)15(18)14(12-8-4-2-5-9-12)13-10-6-3-7-11-13/h2-11,14H,1H3. The van der Waals surface area contributed by atoms with E-state index in [2.05, 4.69) is 0 Å². The third kappa shape index (κ3) is 2.56. The summed E-state index contributed by atoms with van der Waals surface area (Å²) in [6, 6.07) is 18.4. The first kappa shape index (κ1) is 12.3. The van der Waals surface area contributed by atoms with Crippen LogP contribution in [0.25, 0.3) is 0 Å². The summed E-state index contributed by atoms with van der Waals surface area (Å²) in [5, 5.41) is 0.144. The molecule has 0 aliphatic carbocycles. The molecular weight excluding hydrogens is 229 g/mol. The van der Waals surface area contributed by atoms with Crippen molar-refractivity contribution in [2.45, 2.75) is 5.92 Å². The normalized spacial score (nSPS) is 10.4. The Morgan fingerprint density at radius 2 is 1.33 bits per heavy atom. The van der Waals surface area contributed by atoms with Crippen LogP contribution < -0.4 is 0 Å². The molecule has 0 saturated carbocycles. The van der Waals surface area contributed by atoms with Crippen molar-refractivity contribution in [3.05, 3.63) is 71.8 Å². The molecule has 2 aromatic carbocycles. The van der Waals surface area contributed by atoms with Gasteiger partial charge in [0, 0.05) is 7.05 Å². The van der Waals surface area contributed by atoms with Crippen molar-refractivity contribution < 1.29 is 9.28 Å². The van der Waals surface area contributed by atoms with Gasteiger partial charge in [-0.1, -0.05) is 65.1 Å². The third-order valence-electron chi connectivity index (χ3n) is 2.82. The molecule has 0 aromatic heterocycles. The minimum atomic E-state index is -0.595. The predicted octanol–water partition coefficient (Wildman–Crippen LogP) is 3.16. The first-order valence-electron chi connectivity index (χ1n) is 5.73. The van der Waals surface area contributed by atoms with E-state index in [9.17, 15) is 9.28 Å². The first-order valence-corrected chi connectivity index (χ1v) is 5.73. The van der Waals surface area contributed by atoms with Crippen LogP contribution in [0.2, 0.25) is 0 Å². The highest BCUT2D eigenvalue weighted by Gasteiger charge is 2.25. The third-order valence-corrected chi connectivity index (χ3v) is 2.82. The predicted molar refractivity (Wildman–Crippen MR) is 68.6 cm³/mol. The fraction of sp³-hybridized carbons (Fsp3) is 0.133. The van der Waals surface area contributed by atoms with E-state index in [1.807, 2.05) is 60.7 Å². The molecule has 0 fully saturated rings. The van der Waals surface area contributed by atoms with Gasteiger partial charge in [0.25, 0.3) is 5.91 Å². The molecule has 0 aliphatic heterocycles. The van der Waals surface area contributed by atoms with Gasteiger partial charge in [0.05, 0.1) is 5.92 Å². The summed E-state index contributed by atoms with van der Waals surface area (Å²) in [6.45, 7) is 0. The highest BCUT2D eigenvalue weighted by Crippen LogP contribution is 2.26. The van der Waals surface area contributed by atoms with E-state index < -0.39 is 11.8 Å². The zero-order valence-corrected chi connectivity index (χ0v) is 10.1. The van der Waals surface area contributed by atoms with Crippen LogP contribution in [0.15, 0.2) is 60.7 Å². The SMILES string of the molecule is CN(F)C(=O)C(c1ccccc1)c1ccccc1. The van der Waals surface area contributed by atoms with E-state index >= 15 is 0 Å². The average Bonchev–Trinajstić information content (AvgIpc) is 2.41. The van der Waals surface area contributed by atoms with Gasteiger partial charge in [0.1, 0.15) is 0 Å². The van der Waals surface area contributed by atoms with E-state index in [0.29, 0.717) is 0 Å². The van der Waals surface area contributed by atoms with Gasteiger partial charge < -0.3 is 0 Å². The van der Waals surface area contributed by atoms with Crippen LogP contribution in [-0.4, -0.2) is 18.1 Å². The van der Waals surface area contributed by atoms with Crippen LogP contribution in [0.4, 0.5) is 4.48 Å². The molecule has 2 rings (SSSR count). The molecule has 0 N–H and O–H groups in total. The van der Waals surface area contributed by atoms with Crippen molar-refractivity contribution in [1.82, 2.24) is 5.12 Å². The number of carbonyl (C=O) groups excluding carboxylic acids is 1. The lowest BCUT2D eigenvalue weighted by Gasteiger charge is -2.18. The summed E-state index contributed by atoms with van der Waals surface area (Å²) >= 11 is 0. The second kappa shape index (κ2) is 5.45. The van der Waals surface area contributed by atoms with Gasteiger partial charge in [0.2, 0.25) is 0 Å². The lowest BCUT2D eigenvalue weighted by molar-refractivity contribution is -0.143. The van der Waals surface area contributed by atoms with Gasteiger partial charge in [-0.15, -0.1) is 0 Å². The Hall–Kier alpha value is -2.16. The number of likely N-dealkylation sites (N-methyl/N-ethyl adjacent to an activating group) is 1. The highest BCUT2D eigenvalue weighted by molar-refractivity contribution is 5.86. The average molecular weight is 243 g/mol. The Morgan fingerprint density at radius 1 is 0.944 bits per heavy atom. The molecule has 3 heteroatoms. The summed E-state index contributed by atoms with van der Waals surface area (Å²) in [6.07, 6.45) is 0. The molecule has 0 aliphatic rings. The van der Waals surface area contributed by atoms with Gasteiger partial charge in [-0.3, -0.25) is 4.79 Å². The quantitative estimate of drug-likeness (QED) is 0.758. The minimum Gasteiger partial charge on any atom is -0.271 e. The molecule has 0 spiro atoms. The van der Waals surface area contributed by atoms with Gasteiger partial charge in [-0.25, -0.2) is 0 Å². The molecule has 0 radical (unpaired) electrons. The Kier molecular flexibility index (Phi) is 3.72. The van der Waals surface area contributed by atoms with E-state index in [4.69, 9.17) is 0 Å². The topological polar surface area (TPSA) is 20.3 Å². The van der Waals surface area contributed by atoms with E-state index in [0.717, 1.165) is 18.2 Å². The number of halogens is 1. The van der Waals surface area contributed by atoms with Crippen LogP contribution in [0.3, 0.4) is 0 Å². The number of rotatable bonds is 3. The minimum absolute atomic E-state index is 0.144. The zero-order valence-electron chi connectivity index (χ0n) is 10.1. The van der Waals surface area contributed by atoms with Crippen molar-refractivity contribution in [3.8, 4) is 0 Å². The van der Waals surface area contributed by atoms with Gasteiger partial charge in [-0.05, 0) is 11.1 Å². The zero-order chi connectivity index (χ0) is 13.0. The van der Waals surface area contributed by atoms with E-state index in [1.165, 1.54) is 0 Å². The number of benzene rings is 2. The number of hydrogen-bond donors (Lipinski definition) is 0. The van der Waals surface area contributed by atoms with E-state index in [1.54, 1.807) is 0 Å². The molecule has 18 heavy (non-hydrogen) atoms. The Labute approximate surface area is 106 Å². The second-order valence-corrected chi connectivity index (χ2v) is 4.07. The molecule has 0 heterocycles. The van der Waals surface area contributed by atoms with Crippen LogP contribution in [0.1, 0.15) is 17.0 Å². The molecule has 1 amide bonds. The van der Waals surface area contributed by atoms with E-state index in [-0.39, 0.29) is 5.12 Å². The number of amides is 1. The van der Waals surface area contributed by atoms with Crippen molar-refractivity contribution in [3.63, 3.8) is 0 Å². The molecular formula is C15H14FNO. The van der Waals surface area contributed by atoms with Crippen molar-refractivity contribution >= 4 is 5.91 Å². The van der Waals surface area contributed by atoms with Crippen LogP contribution in [0, 0.1) is 0 Å². The van der Waals surface area contributed by atoms with Crippen LogP contribution >= 0.6 is 0 Å². The summed E-state index contributed by atoms with van der Waals surface area (Å²) in [5.74, 6) is -1.16. The molecule has 2 nitrogen and oxygen atoms in total. The Morgan fingerprint density at radius 3 is 1.67 bits per heavy atom. The van der Waals surface area contributed by atoms with Crippen LogP contribution in [-0.2, 0) is 4.79 Å². The van der Waals surface area contributed by atoms with Gasteiger partial charge in [0.15, 0.2) is 0 Å². The van der Waals surface area contributed by atoms with Crippen molar-refractivity contribution in [2.24, 2.45) is 0 Å². The second-order valence-electron chi connectivity index (χ2n) is 4.07. The summed E-state index contributed by atoms with van der Waals surface area (Å²) < 4.78 is 13.2. The maximum absolute atomic E-state index is 13.2. The largest absolute Gasteiger partial charge is 0.271 e. The van der Waals surface area contributed by atoms with Gasteiger partial charge >= 0.3 is 0 Å². The molecule has 0 unspecified atom stereocenters. The smallest absolute Gasteiger partial charge is 0.261 e. The highest BCUT2D eigenvalue weighted by atomic mass is 19.2. The molecule has 92 valence electrons. The van der Waals surface area contributed by atoms with Crippen LogP contribution in [0.5, 0.6) is 0 Å². The first-order chi connectivity index (χ1) is 8.70.